The maximum Gasteiger partial charge on any atom is 0.308 e. The van der Waals surface area contributed by atoms with Gasteiger partial charge in [0.25, 0.3) is 5.91 Å². The average molecular weight is 421 g/mol. The van der Waals surface area contributed by atoms with Gasteiger partial charge in [0.05, 0.1) is 18.1 Å². The van der Waals surface area contributed by atoms with Crippen molar-refractivity contribution in [3.63, 3.8) is 0 Å². The molecule has 5 rings (SSSR count). The van der Waals surface area contributed by atoms with E-state index >= 15 is 0 Å². The maximum absolute atomic E-state index is 12.9. The molecule has 0 aromatic heterocycles. The normalized spacial score (nSPS) is 29.4. The highest BCUT2D eigenvalue weighted by molar-refractivity contribution is 5.94. The summed E-state index contributed by atoms with van der Waals surface area (Å²) in [5, 5.41) is 12.6. The molecule has 2 fully saturated rings. The van der Waals surface area contributed by atoms with Gasteiger partial charge < -0.3 is 19.9 Å². The zero-order valence-electron chi connectivity index (χ0n) is 17.4. The molecule has 4 atom stereocenters. The van der Waals surface area contributed by atoms with Crippen molar-refractivity contribution in [2.24, 2.45) is 5.92 Å². The van der Waals surface area contributed by atoms with E-state index in [-0.39, 0.29) is 17.4 Å². The third-order valence-corrected chi connectivity index (χ3v) is 7.02. The van der Waals surface area contributed by atoms with Crippen molar-refractivity contribution in [1.29, 1.82) is 0 Å². The van der Waals surface area contributed by atoms with Crippen LogP contribution in [0.1, 0.15) is 59.5 Å². The molecule has 31 heavy (non-hydrogen) atoms. The molecule has 1 saturated carbocycles. The minimum absolute atomic E-state index is 0.231. The Kier molecular flexibility index (Phi) is 5.18. The molecule has 2 aliphatic heterocycles. The molecule has 1 spiro atoms. The summed E-state index contributed by atoms with van der Waals surface area (Å²) in [5.41, 5.74) is 2.47. The van der Waals surface area contributed by atoms with Crippen molar-refractivity contribution in [1.82, 2.24) is 5.32 Å². The molecule has 0 bridgehead atoms. The monoisotopic (exact) mass is 421 g/mol. The fourth-order valence-corrected chi connectivity index (χ4v) is 5.46. The Morgan fingerprint density at radius 3 is 2.58 bits per heavy atom. The number of carboxylic acids is 1. The van der Waals surface area contributed by atoms with Gasteiger partial charge in [0, 0.05) is 29.7 Å². The first-order valence-electron chi connectivity index (χ1n) is 11.0. The van der Waals surface area contributed by atoms with Gasteiger partial charge in [-0.25, -0.2) is 0 Å². The van der Waals surface area contributed by atoms with Crippen LogP contribution < -0.4 is 10.1 Å². The molecule has 1 saturated heterocycles. The molecule has 6 heteroatoms. The average Bonchev–Trinajstić information content (AvgIpc) is 3.40. The van der Waals surface area contributed by atoms with Crippen molar-refractivity contribution in [2.45, 2.75) is 49.7 Å². The first-order chi connectivity index (χ1) is 15.0. The van der Waals surface area contributed by atoms with Gasteiger partial charge in [-0.15, -0.1) is 0 Å². The smallest absolute Gasteiger partial charge is 0.308 e. The first kappa shape index (κ1) is 20.1. The SMILES string of the molecule is O=C(N[C@@H]1C[C@@]2(CCCO2)C[C@@H]1C(=O)O)c1ccc(C2CCOc3ccccc32)cc1. The Labute approximate surface area is 181 Å². The minimum atomic E-state index is -0.869. The van der Waals surface area contributed by atoms with E-state index in [1.165, 1.54) is 5.56 Å². The summed E-state index contributed by atoms with van der Waals surface area (Å²) in [7, 11) is 0. The van der Waals surface area contributed by atoms with Gasteiger partial charge in [-0.05, 0) is 55.9 Å². The Bertz CT molecular complexity index is 980. The lowest BCUT2D eigenvalue weighted by molar-refractivity contribution is -0.142. The van der Waals surface area contributed by atoms with Crippen LogP contribution in [0.3, 0.4) is 0 Å². The number of carbonyl (C=O) groups is 2. The molecular formula is C25H27NO5. The van der Waals surface area contributed by atoms with Crippen LogP contribution in [-0.4, -0.2) is 41.8 Å². The molecular weight excluding hydrogens is 394 g/mol. The highest BCUT2D eigenvalue weighted by Gasteiger charge is 2.51. The van der Waals surface area contributed by atoms with Crippen molar-refractivity contribution in [3.8, 4) is 5.75 Å². The largest absolute Gasteiger partial charge is 0.493 e. The molecule has 1 aliphatic carbocycles. The topological polar surface area (TPSA) is 84.9 Å². The second-order valence-corrected chi connectivity index (χ2v) is 8.92. The predicted octanol–water partition coefficient (Wildman–Crippen LogP) is 3.74. The number of carbonyl (C=O) groups excluding carboxylic acids is 1. The van der Waals surface area contributed by atoms with Crippen LogP contribution in [0.15, 0.2) is 48.5 Å². The number of amides is 1. The van der Waals surface area contributed by atoms with Gasteiger partial charge in [-0.3, -0.25) is 9.59 Å². The quantitative estimate of drug-likeness (QED) is 0.786. The van der Waals surface area contributed by atoms with E-state index in [2.05, 4.69) is 11.4 Å². The molecule has 0 radical (unpaired) electrons. The highest BCUT2D eigenvalue weighted by Crippen LogP contribution is 2.44. The lowest BCUT2D eigenvalue weighted by Gasteiger charge is -2.26. The molecule has 2 N–H and O–H groups in total. The number of rotatable bonds is 4. The first-order valence-corrected chi connectivity index (χ1v) is 11.0. The van der Waals surface area contributed by atoms with Gasteiger partial charge in [0.15, 0.2) is 0 Å². The molecule has 2 heterocycles. The molecule has 3 aliphatic rings. The number of nitrogens with one attached hydrogen (secondary N) is 1. The van der Waals surface area contributed by atoms with E-state index in [1.54, 1.807) is 0 Å². The summed E-state index contributed by atoms with van der Waals surface area (Å²) in [6.45, 7) is 1.34. The summed E-state index contributed by atoms with van der Waals surface area (Å²) in [6.07, 6.45) is 3.74. The standard InChI is InChI=1S/C25H27NO5/c27-23(26-21-15-25(11-3-12-31-25)14-20(21)24(28)29)17-8-6-16(7-9-17)18-10-13-30-22-5-2-1-4-19(18)22/h1-2,4-9,18,20-21H,3,10-15H2,(H,26,27)(H,28,29)/t18?,20-,21+,25+/m0/s1. The molecule has 2 aromatic rings. The number of carboxylic acid groups (broad SMARTS) is 1. The van der Waals surface area contributed by atoms with Gasteiger partial charge in [0.1, 0.15) is 5.75 Å². The highest BCUT2D eigenvalue weighted by atomic mass is 16.5. The molecule has 2 aromatic carbocycles. The van der Waals surface area contributed by atoms with Crippen molar-refractivity contribution < 1.29 is 24.2 Å². The Balaban J connectivity index is 1.30. The molecule has 1 unspecified atom stereocenters. The van der Waals surface area contributed by atoms with Crippen molar-refractivity contribution >= 4 is 11.9 Å². The van der Waals surface area contributed by atoms with Crippen molar-refractivity contribution in [3.05, 3.63) is 65.2 Å². The summed E-state index contributed by atoms with van der Waals surface area (Å²) >= 11 is 0. The number of aliphatic carboxylic acids is 1. The third kappa shape index (κ3) is 3.81. The zero-order chi connectivity index (χ0) is 21.4. The number of para-hydroxylation sites is 1. The summed E-state index contributed by atoms with van der Waals surface area (Å²) in [5.74, 6) is -0.547. The summed E-state index contributed by atoms with van der Waals surface area (Å²) in [4.78, 5) is 24.7. The van der Waals surface area contributed by atoms with E-state index in [0.717, 1.165) is 30.6 Å². The summed E-state index contributed by atoms with van der Waals surface area (Å²) < 4.78 is 11.6. The second-order valence-electron chi connectivity index (χ2n) is 8.92. The van der Waals surface area contributed by atoms with E-state index in [4.69, 9.17) is 9.47 Å². The lowest BCUT2D eigenvalue weighted by atomic mass is 9.86. The van der Waals surface area contributed by atoms with E-state index in [0.29, 0.717) is 31.6 Å². The number of ether oxygens (including phenoxy) is 2. The molecule has 6 nitrogen and oxygen atoms in total. The number of benzene rings is 2. The van der Waals surface area contributed by atoms with Crippen LogP contribution in [0, 0.1) is 5.92 Å². The number of hydrogen-bond donors (Lipinski definition) is 2. The molecule has 162 valence electrons. The van der Waals surface area contributed by atoms with Crippen LogP contribution in [0.4, 0.5) is 0 Å². The predicted molar refractivity (Wildman–Crippen MR) is 114 cm³/mol. The van der Waals surface area contributed by atoms with E-state index in [1.807, 2.05) is 42.5 Å². The van der Waals surface area contributed by atoms with Crippen LogP contribution >= 0.6 is 0 Å². The van der Waals surface area contributed by atoms with E-state index < -0.39 is 17.9 Å². The van der Waals surface area contributed by atoms with Gasteiger partial charge >= 0.3 is 5.97 Å². The van der Waals surface area contributed by atoms with Gasteiger partial charge in [-0.2, -0.15) is 0 Å². The van der Waals surface area contributed by atoms with Crippen LogP contribution in [-0.2, 0) is 9.53 Å². The van der Waals surface area contributed by atoms with Crippen molar-refractivity contribution in [2.75, 3.05) is 13.2 Å². The fourth-order valence-electron chi connectivity index (χ4n) is 5.46. The Morgan fingerprint density at radius 1 is 1.03 bits per heavy atom. The Morgan fingerprint density at radius 2 is 1.84 bits per heavy atom. The fraction of sp³-hybridized carbons (Fsp3) is 0.440. The van der Waals surface area contributed by atoms with E-state index in [9.17, 15) is 14.7 Å². The maximum atomic E-state index is 12.9. The van der Waals surface area contributed by atoms with Gasteiger partial charge in [0.2, 0.25) is 0 Å². The van der Waals surface area contributed by atoms with Crippen LogP contribution in [0.25, 0.3) is 0 Å². The molecule has 1 amide bonds. The third-order valence-electron chi connectivity index (χ3n) is 7.02. The second kappa shape index (κ2) is 8.00. The zero-order valence-corrected chi connectivity index (χ0v) is 17.4. The number of fused-ring (bicyclic) bond motifs is 1. The lowest BCUT2D eigenvalue weighted by Crippen LogP contribution is -2.40. The van der Waals surface area contributed by atoms with Gasteiger partial charge in [-0.1, -0.05) is 30.3 Å². The minimum Gasteiger partial charge on any atom is -0.493 e. The van der Waals surface area contributed by atoms with Crippen LogP contribution in [0.2, 0.25) is 0 Å². The summed E-state index contributed by atoms with van der Waals surface area (Å²) in [6, 6.07) is 15.3. The Hall–Kier alpha value is -2.86. The number of hydrogen-bond acceptors (Lipinski definition) is 4. The van der Waals surface area contributed by atoms with Crippen LogP contribution in [0.5, 0.6) is 5.75 Å².